The molecule has 5 heteroatoms. The number of carbonyl (C=O) groups is 1. The molecule has 0 aromatic heterocycles. The normalized spacial score (nSPS) is 12.0. The van der Waals surface area contributed by atoms with Crippen LogP contribution in [0.2, 0.25) is 5.02 Å². The van der Waals surface area contributed by atoms with E-state index in [-0.39, 0.29) is 11.9 Å². The Balaban J connectivity index is 2.52. The van der Waals surface area contributed by atoms with Crippen LogP contribution in [0, 0.1) is 0 Å². The van der Waals surface area contributed by atoms with Crippen LogP contribution in [0.4, 0.5) is 0 Å². The lowest BCUT2D eigenvalue weighted by atomic mass is 10.1. The maximum Gasteiger partial charge on any atom is 0.223 e. The number of halogens is 1. The van der Waals surface area contributed by atoms with Gasteiger partial charge in [0.25, 0.3) is 0 Å². The van der Waals surface area contributed by atoms with Gasteiger partial charge in [0, 0.05) is 12.6 Å². The van der Waals surface area contributed by atoms with Crippen LogP contribution in [0.15, 0.2) is 18.2 Å². The Morgan fingerprint density at radius 1 is 1.38 bits per heavy atom. The number of hydrogen-bond donors (Lipinski definition) is 2. The Labute approximate surface area is 132 Å². The number of rotatable bonds is 9. The fourth-order valence-corrected chi connectivity index (χ4v) is 2.16. The molecular weight excluding hydrogens is 288 g/mol. The van der Waals surface area contributed by atoms with E-state index in [4.69, 9.17) is 16.3 Å². The first-order valence-corrected chi connectivity index (χ1v) is 7.88. The average Bonchev–Trinajstić information content (AvgIpc) is 2.46. The van der Waals surface area contributed by atoms with Crippen molar-refractivity contribution in [3.8, 4) is 5.75 Å². The third-order valence-corrected chi connectivity index (χ3v) is 3.41. The van der Waals surface area contributed by atoms with E-state index >= 15 is 0 Å². The Kier molecular flexibility index (Phi) is 8.16. The van der Waals surface area contributed by atoms with E-state index in [2.05, 4.69) is 24.5 Å². The summed E-state index contributed by atoms with van der Waals surface area (Å²) in [6.45, 7) is 8.08. The highest BCUT2D eigenvalue weighted by Gasteiger charge is 2.09. The highest BCUT2D eigenvalue weighted by atomic mass is 35.5. The highest BCUT2D eigenvalue weighted by Crippen LogP contribution is 2.28. The number of ether oxygens (including phenoxy) is 1. The van der Waals surface area contributed by atoms with Crippen LogP contribution in [-0.2, 0) is 4.79 Å². The minimum Gasteiger partial charge on any atom is -0.491 e. The highest BCUT2D eigenvalue weighted by molar-refractivity contribution is 6.32. The first-order valence-electron chi connectivity index (χ1n) is 7.50. The molecule has 1 atom stereocenters. The summed E-state index contributed by atoms with van der Waals surface area (Å²) >= 11 is 6.23. The summed E-state index contributed by atoms with van der Waals surface area (Å²) in [7, 11) is 0. The molecule has 0 aliphatic rings. The smallest absolute Gasteiger partial charge is 0.223 e. The van der Waals surface area contributed by atoms with Crippen LogP contribution in [0.25, 0.3) is 0 Å². The van der Waals surface area contributed by atoms with Crippen LogP contribution < -0.4 is 15.4 Å². The van der Waals surface area contributed by atoms with Crippen LogP contribution in [0.3, 0.4) is 0 Å². The maximum atomic E-state index is 11.3. The zero-order chi connectivity index (χ0) is 15.7. The van der Waals surface area contributed by atoms with Gasteiger partial charge >= 0.3 is 0 Å². The second kappa shape index (κ2) is 9.64. The van der Waals surface area contributed by atoms with Crippen molar-refractivity contribution in [3.63, 3.8) is 0 Å². The summed E-state index contributed by atoms with van der Waals surface area (Å²) in [4.78, 5) is 11.3. The molecule has 0 radical (unpaired) electrons. The van der Waals surface area contributed by atoms with Crippen molar-refractivity contribution in [1.82, 2.24) is 10.6 Å². The molecule has 21 heavy (non-hydrogen) atoms. The second-order valence-corrected chi connectivity index (χ2v) is 5.32. The third-order valence-electron chi connectivity index (χ3n) is 3.12. The first kappa shape index (κ1) is 17.8. The largest absolute Gasteiger partial charge is 0.491 e. The summed E-state index contributed by atoms with van der Waals surface area (Å²) in [5.41, 5.74) is 1.13. The topological polar surface area (TPSA) is 50.4 Å². The molecule has 0 heterocycles. The molecular formula is C16H25ClN2O2. The molecule has 1 unspecified atom stereocenters. The van der Waals surface area contributed by atoms with Crippen LogP contribution in [0.1, 0.15) is 45.2 Å². The number of carbonyl (C=O) groups excluding carboxylic acids is 1. The lowest BCUT2D eigenvalue weighted by Gasteiger charge is -2.15. The predicted octanol–water partition coefficient (Wildman–Crippen LogP) is 3.31. The van der Waals surface area contributed by atoms with Crippen molar-refractivity contribution < 1.29 is 9.53 Å². The summed E-state index contributed by atoms with van der Waals surface area (Å²) in [5.74, 6) is 0.607. The van der Waals surface area contributed by atoms with Gasteiger partial charge in [-0.05, 0) is 44.5 Å². The Bertz CT molecular complexity index is 452. The van der Waals surface area contributed by atoms with Gasteiger partial charge in [-0.3, -0.25) is 4.79 Å². The minimum absolute atomic E-state index is 0.0115. The van der Waals surface area contributed by atoms with Gasteiger partial charge in [0.15, 0.2) is 0 Å². The molecule has 1 aromatic rings. The SMILES string of the molecule is CCCNC(C)c1ccc(OCCC(=O)NCC)c(Cl)c1. The molecule has 1 aromatic carbocycles. The summed E-state index contributed by atoms with van der Waals surface area (Å²) in [5, 5.41) is 6.72. The molecule has 0 aliphatic carbocycles. The molecule has 0 saturated heterocycles. The van der Waals surface area contributed by atoms with Crippen molar-refractivity contribution >= 4 is 17.5 Å². The van der Waals surface area contributed by atoms with E-state index in [0.29, 0.717) is 30.3 Å². The van der Waals surface area contributed by atoms with Crippen LogP contribution in [-0.4, -0.2) is 25.6 Å². The van der Waals surface area contributed by atoms with Gasteiger partial charge in [-0.2, -0.15) is 0 Å². The molecule has 2 N–H and O–H groups in total. The zero-order valence-corrected chi connectivity index (χ0v) is 13.8. The molecule has 0 bridgehead atoms. The summed E-state index contributed by atoms with van der Waals surface area (Å²) in [6.07, 6.45) is 1.43. The first-order chi connectivity index (χ1) is 10.1. The van der Waals surface area contributed by atoms with E-state index in [0.717, 1.165) is 18.5 Å². The lowest BCUT2D eigenvalue weighted by molar-refractivity contribution is -0.121. The molecule has 0 spiro atoms. The number of amides is 1. The molecule has 1 amide bonds. The molecule has 4 nitrogen and oxygen atoms in total. The summed E-state index contributed by atoms with van der Waals surface area (Å²) < 4.78 is 5.56. The number of hydrogen-bond acceptors (Lipinski definition) is 3. The maximum absolute atomic E-state index is 11.3. The minimum atomic E-state index is -0.0115. The van der Waals surface area contributed by atoms with Gasteiger partial charge in [0.05, 0.1) is 18.1 Å². The molecule has 0 aliphatic heterocycles. The Morgan fingerprint density at radius 2 is 2.14 bits per heavy atom. The van der Waals surface area contributed by atoms with Gasteiger partial charge in [0.2, 0.25) is 5.91 Å². The number of nitrogens with one attached hydrogen (secondary N) is 2. The lowest BCUT2D eigenvalue weighted by Crippen LogP contribution is -2.24. The van der Waals surface area contributed by atoms with E-state index in [9.17, 15) is 4.79 Å². The average molecular weight is 313 g/mol. The second-order valence-electron chi connectivity index (χ2n) is 4.92. The Hall–Kier alpha value is -1.26. The number of benzene rings is 1. The van der Waals surface area contributed by atoms with E-state index in [1.165, 1.54) is 0 Å². The summed E-state index contributed by atoms with van der Waals surface area (Å²) in [6, 6.07) is 6.03. The van der Waals surface area contributed by atoms with Gasteiger partial charge < -0.3 is 15.4 Å². The molecule has 0 fully saturated rings. The molecule has 0 saturated carbocycles. The standard InChI is InChI=1S/C16H25ClN2O2/c1-4-9-19-12(3)13-6-7-15(14(17)11-13)21-10-8-16(20)18-5-2/h6-7,11-12,19H,4-5,8-10H2,1-3H3,(H,18,20). The van der Waals surface area contributed by atoms with Gasteiger partial charge in [-0.25, -0.2) is 0 Å². The van der Waals surface area contributed by atoms with Crippen LogP contribution >= 0.6 is 11.6 Å². The van der Waals surface area contributed by atoms with E-state index in [1.807, 2.05) is 25.1 Å². The quantitative estimate of drug-likeness (QED) is 0.735. The van der Waals surface area contributed by atoms with E-state index < -0.39 is 0 Å². The predicted molar refractivity (Wildman–Crippen MR) is 87.0 cm³/mol. The fourth-order valence-electron chi connectivity index (χ4n) is 1.92. The van der Waals surface area contributed by atoms with Crippen molar-refractivity contribution in [1.29, 1.82) is 0 Å². The van der Waals surface area contributed by atoms with E-state index in [1.54, 1.807) is 0 Å². The third kappa shape index (κ3) is 6.36. The fraction of sp³-hybridized carbons (Fsp3) is 0.562. The van der Waals surface area contributed by atoms with Crippen molar-refractivity contribution in [2.75, 3.05) is 19.7 Å². The van der Waals surface area contributed by atoms with Crippen molar-refractivity contribution in [3.05, 3.63) is 28.8 Å². The van der Waals surface area contributed by atoms with Crippen LogP contribution in [0.5, 0.6) is 5.75 Å². The van der Waals surface area contributed by atoms with Gasteiger partial charge in [-0.15, -0.1) is 0 Å². The Morgan fingerprint density at radius 3 is 2.76 bits per heavy atom. The van der Waals surface area contributed by atoms with Gasteiger partial charge in [0.1, 0.15) is 5.75 Å². The molecule has 118 valence electrons. The van der Waals surface area contributed by atoms with Gasteiger partial charge in [-0.1, -0.05) is 24.6 Å². The molecule has 1 rings (SSSR count). The monoisotopic (exact) mass is 312 g/mol. The van der Waals surface area contributed by atoms with Crippen molar-refractivity contribution in [2.45, 2.75) is 39.7 Å². The zero-order valence-electron chi connectivity index (χ0n) is 13.0. The van der Waals surface area contributed by atoms with Crippen molar-refractivity contribution in [2.24, 2.45) is 0 Å².